The van der Waals surface area contributed by atoms with E-state index in [4.69, 9.17) is 4.74 Å². The van der Waals surface area contributed by atoms with Crippen LogP contribution in [0.5, 0.6) is 5.75 Å². The maximum atomic E-state index is 6.40. The topological polar surface area (TPSA) is 21.3 Å². The molecule has 1 heterocycles. The van der Waals surface area contributed by atoms with Crippen LogP contribution in [0.25, 0.3) is 0 Å². The molecule has 18 heavy (non-hydrogen) atoms. The zero-order valence-electron chi connectivity index (χ0n) is 11.5. The minimum absolute atomic E-state index is 0.119. The van der Waals surface area contributed by atoms with Gasteiger partial charge in [0.15, 0.2) is 0 Å². The van der Waals surface area contributed by atoms with Crippen molar-refractivity contribution in [1.82, 2.24) is 5.32 Å². The van der Waals surface area contributed by atoms with Crippen LogP contribution in [0.4, 0.5) is 0 Å². The quantitative estimate of drug-likeness (QED) is 0.857. The average molecular weight is 245 g/mol. The molecule has 98 valence electrons. The Morgan fingerprint density at radius 2 is 2.11 bits per heavy atom. The van der Waals surface area contributed by atoms with Crippen molar-refractivity contribution in [3.05, 3.63) is 29.3 Å². The van der Waals surface area contributed by atoms with Crippen LogP contribution in [-0.4, -0.2) is 12.1 Å². The fourth-order valence-electron chi connectivity index (χ4n) is 3.53. The summed E-state index contributed by atoms with van der Waals surface area (Å²) >= 11 is 0. The third-order valence-corrected chi connectivity index (χ3v) is 4.41. The maximum Gasteiger partial charge on any atom is 0.125 e. The molecule has 1 aromatic rings. The first-order chi connectivity index (χ1) is 8.72. The van der Waals surface area contributed by atoms with Gasteiger partial charge in [-0.2, -0.15) is 0 Å². The first-order valence-electron chi connectivity index (χ1n) is 7.25. The molecule has 1 atom stereocenters. The first kappa shape index (κ1) is 12.0. The van der Waals surface area contributed by atoms with Crippen LogP contribution < -0.4 is 10.1 Å². The van der Waals surface area contributed by atoms with Gasteiger partial charge in [-0.1, -0.05) is 19.1 Å². The SMILES string of the molecule is CCNC1CC2(CCCC2)Oc2cc(C)ccc21. The van der Waals surface area contributed by atoms with E-state index in [1.54, 1.807) is 0 Å². The summed E-state index contributed by atoms with van der Waals surface area (Å²) in [6.07, 6.45) is 6.22. The number of rotatable bonds is 2. The van der Waals surface area contributed by atoms with E-state index < -0.39 is 0 Å². The molecule has 0 radical (unpaired) electrons. The number of benzene rings is 1. The second kappa shape index (κ2) is 4.58. The highest BCUT2D eigenvalue weighted by atomic mass is 16.5. The molecule has 2 heteroatoms. The van der Waals surface area contributed by atoms with Crippen molar-refractivity contribution in [2.45, 2.75) is 57.6 Å². The van der Waals surface area contributed by atoms with Gasteiger partial charge in [-0.15, -0.1) is 0 Å². The van der Waals surface area contributed by atoms with E-state index in [-0.39, 0.29) is 5.60 Å². The van der Waals surface area contributed by atoms with E-state index in [2.05, 4.69) is 37.4 Å². The van der Waals surface area contributed by atoms with Crippen LogP contribution in [0.3, 0.4) is 0 Å². The molecule has 1 fully saturated rings. The zero-order chi connectivity index (χ0) is 12.6. The van der Waals surface area contributed by atoms with Crippen molar-refractivity contribution < 1.29 is 4.74 Å². The van der Waals surface area contributed by atoms with Crippen molar-refractivity contribution >= 4 is 0 Å². The van der Waals surface area contributed by atoms with Gasteiger partial charge in [0.05, 0.1) is 0 Å². The fraction of sp³-hybridized carbons (Fsp3) is 0.625. The summed E-state index contributed by atoms with van der Waals surface area (Å²) in [6, 6.07) is 7.11. The summed E-state index contributed by atoms with van der Waals surface area (Å²) in [5, 5.41) is 3.63. The summed E-state index contributed by atoms with van der Waals surface area (Å²) in [5.41, 5.74) is 2.76. The van der Waals surface area contributed by atoms with Gasteiger partial charge in [0.1, 0.15) is 11.4 Å². The van der Waals surface area contributed by atoms with E-state index in [0.717, 1.165) is 18.7 Å². The Bertz CT molecular complexity index is 435. The molecular weight excluding hydrogens is 222 g/mol. The third kappa shape index (κ3) is 2.03. The Balaban J connectivity index is 1.97. The average Bonchev–Trinajstić information content (AvgIpc) is 2.77. The number of nitrogens with one attached hydrogen (secondary N) is 1. The predicted octanol–water partition coefficient (Wildman–Crippen LogP) is 3.74. The van der Waals surface area contributed by atoms with Gasteiger partial charge in [-0.3, -0.25) is 0 Å². The molecule has 1 aliphatic carbocycles. The van der Waals surface area contributed by atoms with Crippen molar-refractivity contribution in [2.24, 2.45) is 0 Å². The number of hydrogen-bond donors (Lipinski definition) is 1. The molecule has 1 aromatic carbocycles. The van der Waals surface area contributed by atoms with Crippen LogP contribution >= 0.6 is 0 Å². The lowest BCUT2D eigenvalue weighted by atomic mass is 9.85. The molecule has 0 saturated heterocycles. The Labute approximate surface area is 110 Å². The second-order valence-corrected chi connectivity index (χ2v) is 5.85. The highest BCUT2D eigenvalue weighted by Crippen LogP contribution is 2.47. The first-order valence-corrected chi connectivity index (χ1v) is 7.25. The third-order valence-electron chi connectivity index (χ3n) is 4.41. The van der Waals surface area contributed by atoms with E-state index >= 15 is 0 Å². The van der Waals surface area contributed by atoms with Crippen LogP contribution in [0, 0.1) is 6.92 Å². The summed E-state index contributed by atoms with van der Waals surface area (Å²) < 4.78 is 6.40. The van der Waals surface area contributed by atoms with Gasteiger partial charge in [0.2, 0.25) is 0 Å². The Morgan fingerprint density at radius 1 is 1.33 bits per heavy atom. The fourth-order valence-corrected chi connectivity index (χ4v) is 3.53. The van der Waals surface area contributed by atoms with Crippen molar-refractivity contribution in [1.29, 1.82) is 0 Å². The number of ether oxygens (including phenoxy) is 1. The summed E-state index contributed by atoms with van der Waals surface area (Å²) in [5.74, 6) is 1.12. The van der Waals surface area contributed by atoms with Gasteiger partial charge in [0, 0.05) is 18.0 Å². The molecule has 1 aliphatic heterocycles. The Kier molecular flexibility index (Phi) is 3.06. The van der Waals surface area contributed by atoms with E-state index in [9.17, 15) is 0 Å². The Morgan fingerprint density at radius 3 is 2.83 bits per heavy atom. The lowest BCUT2D eigenvalue weighted by Gasteiger charge is -2.40. The zero-order valence-corrected chi connectivity index (χ0v) is 11.5. The van der Waals surface area contributed by atoms with Gasteiger partial charge in [0.25, 0.3) is 0 Å². The monoisotopic (exact) mass is 245 g/mol. The normalized spacial score (nSPS) is 24.9. The van der Waals surface area contributed by atoms with Crippen molar-refractivity contribution in [2.75, 3.05) is 6.54 Å². The summed E-state index contributed by atoms with van der Waals surface area (Å²) in [4.78, 5) is 0. The number of aryl methyl sites for hydroxylation is 1. The van der Waals surface area contributed by atoms with E-state index in [1.165, 1.54) is 36.8 Å². The highest BCUT2D eigenvalue weighted by molar-refractivity contribution is 5.42. The van der Waals surface area contributed by atoms with E-state index in [1.807, 2.05) is 0 Å². The second-order valence-electron chi connectivity index (χ2n) is 5.85. The summed E-state index contributed by atoms with van der Waals surface area (Å²) in [7, 11) is 0. The molecule has 2 aliphatic rings. The smallest absolute Gasteiger partial charge is 0.125 e. The van der Waals surface area contributed by atoms with Crippen LogP contribution in [0.2, 0.25) is 0 Å². The molecule has 0 aromatic heterocycles. The lowest BCUT2D eigenvalue weighted by molar-refractivity contribution is 0.0370. The molecule has 0 amide bonds. The molecular formula is C16H23NO. The maximum absolute atomic E-state index is 6.40. The Hall–Kier alpha value is -1.02. The van der Waals surface area contributed by atoms with Gasteiger partial charge >= 0.3 is 0 Å². The lowest BCUT2D eigenvalue weighted by Crippen LogP contribution is -2.42. The van der Waals surface area contributed by atoms with Crippen LogP contribution in [0.15, 0.2) is 18.2 Å². The largest absolute Gasteiger partial charge is 0.487 e. The van der Waals surface area contributed by atoms with Crippen LogP contribution in [0.1, 0.15) is 56.2 Å². The molecule has 1 saturated carbocycles. The molecule has 1 N–H and O–H groups in total. The van der Waals surface area contributed by atoms with Crippen LogP contribution in [-0.2, 0) is 0 Å². The number of hydrogen-bond acceptors (Lipinski definition) is 2. The predicted molar refractivity (Wildman–Crippen MR) is 74.0 cm³/mol. The molecule has 1 unspecified atom stereocenters. The molecule has 2 nitrogen and oxygen atoms in total. The van der Waals surface area contributed by atoms with Crippen molar-refractivity contribution in [3.63, 3.8) is 0 Å². The minimum atomic E-state index is 0.119. The number of fused-ring (bicyclic) bond motifs is 1. The molecule has 1 spiro atoms. The van der Waals surface area contributed by atoms with E-state index in [0.29, 0.717) is 6.04 Å². The standard InChI is InChI=1S/C16H23NO/c1-3-17-14-11-16(8-4-5-9-16)18-15-10-12(2)6-7-13(14)15/h6-7,10,14,17H,3-5,8-9,11H2,1-2H3. The summed E-state index contributed by atoms with van der Waals surface area (Å²) in [6.45, 7) is 5.35. The van der Waals surface area contributed by atoms with Gasteiger partial charge < -0.3 is 10.1 Å². The van der Waals surface area contributed by atoms with Gasteiger partial charge in [-0.25, -0.2) is 0 Å². The molecule has 0 bridgehead atoms. The minimum Gasteiger partial charge on any atom is -0.487 e. The highest BCUT2D eigenvalue weighted by Gasteiger charge is 2.42. The molecule has 3 rings (SSSR count). The van der Waals surface area contributed by atoms with Gasteiger partial charge in [-0.05, 0) is 50.8 Å². The van der Waals surface area contributed by atoms with Crippen molar-refractivity contribution in [3.8, 4) is 5.75 Å².